The number of carbonyl (C=O) groups is 1. The molecule has 0 spiro atoms. The van der Waals surface area contributed by atoms with E-state index in [-0.39, 0.29) is 23.4 Å². The molecule has 0 saturated carbocycles. The summed E-state index contributed by atoms with van der Waals surface area (Å²) < 4.78 is 19.7. The van der Waals surface area contributed by atoms with Crippen molar-refractivity contribution in [2.75, 3.05) is 13.7 Å². The summed E-state index contributed by atoms with van der Waals surface area (Å²) in [6.45, 7) is 0.229. The number of nitrogens with one attached hydrogen (secondary N) is 1. The molecule has 0 atom stereocenters. The van der Waals surface area contributed by atoms with Crippen LogP contribution in [0.15, 0.2) is 47.7 Å². The number of methoxy groups -OCH3 is 1. The Morgan fingerprint density at radius 1 is 1.25 bits per heavy atom. The largest absolute Gasteiger partial charge is 0.496 e. The molecule has 0 aliphatic rings. The van der Waals surface area contributed by atoms with Crippen LogP contribution in [-0.2, 0) is 13.5 Å². The minimum absolute atomic E-state index is 0.147. The van der Waals surface area contributed by atoms with Crippen molar-refractivity contribution >= 4 is 5.91 Å². The highest BCUT2D eigenvalue weighted by Crippen LogP contribution is 2.19. The topological polar surface area (TPSA) is 99.0 Å². The average molecular weight is 383 g/mol. The number of amides is 1. The van der Waals surface area contributed by atoms with Gasteiger partial charge in [0.25, 0.3) is 11.5 Å². The van der Waals surface area contributed by atoms with Crippen LogP contribution in [0.25, 0.3) is 11.4 Å². The maximum atomic E-state index is 13.3. The lowest BCUT2D eigenvalue weighted by Gasteiger charge is -2.11. The monoisotopic (exact) mass is 383 g/mol. The third kappa shape index (κ3) is 4.20. The Balaban J connectivity index is 1.74. The van der Waals surface area contributed by atoms with E-state index >= 15 is 0 Å². The highest BCUT2D eigenvalue weighted by molar-refractivity contribution is 5.96. The van der Waals surface area contributed by atoms with Crippen molar-refractivity contribution in [1.82, 2.24) is 24.8 Å². The zero-order valence-electron chi connectivity index (χ0n) is 15.3. The molecule has 1 N–H and O–H groups in total. The number of carbonyl (C=O) groups excluding carboxylic acids is 1. The standard InChI is InChI=1S/C19H18FN5O3/c1-25-17(24-15(10-18(25)26)14-5-7-21-11-23-14)6-8-22-19(27)13-4-3-12(20)9-16(13)28-2/h3-5,7,9-11H,6,8H2,1-2H3,(H,22,27). The van der Waals surface area contributed by atoms with Gasteiger partial charge >= 0.3 is 0 Å². The predicted octanol–water partition coefficient (Wildman–Crippen LogP) is 1.36. The van der Waals surface area contributed by atoms with Crippen molar-refractivity contribution in [3.8, 4) is 17.1 Å². The lowest BCUT2D eigenvalue weighted by Crippen LogP contribution is -2.29. The second kappa shape index (κ2) is 8.38. The molecule has 0 unspecified atom stereocenters. The molecule has 0 radical (unpaired) electrons. The molecule has 8 nitrogen and oxygen atoms in total. The van der Waals surface area contributed by atoms with Crippen molar-refractivity contribution in [1.29, 1.82) is 0 Å². The maximum Gasteiger partial charge on any atom is 0.255 e. The van der Waals surface area contributed by atoms with E-state index in [0.29, 0.717) is 23.6 Å². The van der Waals surface area contributed by atoms with E-state index in [1.54, 1.807) is 19.3 Å². The molecular weight excluding hydrogens is 365 g/mol. The predicted molar refractivity (Wildman–Crippen MR) is 99.5 cm³/mol. The maximum absolute atomic E-state index is 13.3. The Morgan fingerprint density at radius 2 is 2.07 bits per heavy atom. The molecule has 0 saturated heterocycles. The molecule has 0 bridgehead atoms. The molecule has 3 aromatic rings. The summed E-state index contributed by atoms with van der Waals surface area (Å²) in [5.74, 6) is -0.260. The van der Waals surface area contributed by atoms with Crippen LogP contribution in [0.5, 0.6) is 5.75 Å². The summed E-state index contributed by atoms with van der Waals surface area (Å²) in [5.41, 5.74) is 0.965. The smallest absolute Gasteiger partial charge is 0.255 e. The second-order valence-corrected chi connectivity index (χ2v) is 5.90. The number of hydrogen-bond donors (Lipinski definition) is 1. The van der Waals surface area contributed by atoms with Crippen molar-refractivity contribution in [3.63, 3.8) is 0 Å². The summed E-state index contributed by atoms with van der Waals surface area (Å²) in [6, 6.07) is 6.74. The first kappa shape index (κ1) is 19.2. The van der Waals surface area contributed by atoms with Gasteiger partial charge in [0.1, 0.15) is 23.7 Å². The molecular formula is C19H18FN5O3. The molecule has 2 aromatic heterocycles. The number of halogens is 1. The van der Waals surface area contributed by atoms with Gasteiger partial charge in [0, 0.05) is 38.3 Å². The molecule has 1 amide bonds. The van der Waals surface area contributed by atoms with E-state index < -0.39 is 11.7 Å². The summed E-state index contributed by atoms with van der Waals surface area (Å²) >= 11 is 0. The quantitative estimate of drug-likeness (QED) is 0.690. The number of nitrogens with zero attached hydrogens (tertiary/aromatic N) is 4. The second-order valence-electron chi connectivity index (χ2n) is 5.90. The fourth-order valence-corrected chi connectivity index (χ4v) is 2.62. The molecule has 144 valence electrons. The van der Waals surface area contributed by atoms with E-state index in [1.165, 1.54) is 36.2 Å². The molecule has 0 fully saturated rings. The molecule has 3 rings (SSSR count). The van der Waals surface area contributed by atoms with Gasteiger partial charge in [-0.25, -0.2) is 19.3 Å². The molecule has 28 heavy (non-hydrogen) atoms. The highest BCUT2D eigenvalue weighted by Gasteiger charge is 2.14. The van der Waals surface area contributed by atoms with E-state index in [9.17, 15) is 14.0 Å². The minimum Gasteiger partial charge on any atom is -0.496 e. The van der Waals surface area contributed by atoms with Crippen LogP contribution < -0.4 is 15.6 Å². The highest BCUT2D eigenvalue weighted by atomic mass is 19.1. The first-order chi connectivity index (χ1) is 13.5. The lowest BCUT2D eigenvalue weighted by molar-refractivity contribution is 0.0951. The van der Waals surface area contributed by atoms with Gasteiger partial charge in [-0.2, -0.15) is 0 Å². The van der Waals surface area contributed by atoms with Gasteiger partial charge in [-0.1, -0.05) is 0 Å². The van der Waals surface area contributed by atoms with Crippen LogP contribution in [0.3, 0.4) is 0 Å². The van der Waals surface area contributed by atoms with Gasteiger partial charge in [-0.3, -0.25) is 14.2 Å². The van der Waals surface area contributed by atoms with Crippen LogP contribution in [-0.4, -0.2) is 39.1 Å². The number of benzene rings is 1. The van der Waals surface area contributed by atoms with E-state index in [0.717, 1.165) is 6.07 Å². The Bertz CT molecular complexity index is 1050. The third-order valence-electron chi connectivity index (χ3n) is 4.11. The summed E-state index contributed by atoms with van der Waals surface area (Å²) in [6.07, 6.45) is 3.27. The van der Waals surface area contributed by atoms with Gasteiger partial charge in [-0.15, -0.1) is 0 Å². The molecule has 1 aromatic carbocycles. The average Bonchev–Trinajstić information content (AvgIpc) is 2.71. The Morgan fingerprint density at radius 3 is 2.79 bits per heavy atom. The van der Waals surface area contributed by atoms with Gasteiger partial charge in [-0.05, 0) is 18.2 Å². The van der Waals surface area contributed by atoms with Crippen LogP contribution in [0.2, 0.25) is 0 Å². The van der Waals surface area contributed by atoms with Crippen LogP contribution in [0, 0.1) is 5.82 Å². The van der Waals surface area contributed by atoms with E-state index in [1.807, 2.05) is 0 Å². The summed E-state index contributed by atoms with van der Waals surface area (Å²) in [5, 5.41) is 2.73. The van der Waals surface area contributed by atoms with Crippen molar-refractivity contribution < 1.29 is 13.9 Å². The Hall–Kier alpha value is -3.62. The molecule has 9 heteroatoms. The normalized spacial score (nSPS) is 10.5. The van der Waals surface area contributed by atoms with Crippen molar-refractivity contribution in [3.05, 3.63) is 70.4 Å². The lowest BCUT2D eigenvalue weighted by atomic mass is 10.2. The van der Waals surface area contributed by atoms with E-state index in [2.05, 4.69) is 20.3 Å². The summed E-state index contributed by atoms with van der Waals surface area (Å²) in [4.78, 5) is 37.0. The van der Waals surface area contributed by atoms with E-state index in [4.69, 9.17) is 4.74 Å². The van der Waals surface area contributed by atoms with Gasteiger partial charge in [0.05, 0.1) is 24.1 Å². The Labute approximate surface area is 160 Å². The fraction of sp³-hybridized carbons (Fsp3) is 0.211. The number of hydrogen-bond acceptors (Lipinski definition) is 6. The number of ether oxygens (including phenoxy) is 1. The van der Waals surface area contributed by atoms with Crippen LogP contribution in [0.4, 0.5) is 4.39 Å². The first-order valence-corrected chi connectivity index (χ1v) is 8.44. The first-order valence-electron chi connectivity index (χ1n) is 8.44. The van der Waals surface area contributed by atoms with Crippen LogP contribution in [0.1, 0.15) is 16.2 Å². The zero-order valence-corrected chi connectivity index (χ0v) is 15.3. The summed E-state index contributed by atoms with van der Waals surface area (Å²) in [7, 11) is 2.98. The number of rotatable bonds is 6. The number of aromatic nitrogens is 4. The fourth-order valence-electron chi connectivity index (χ4n) is 2.62. The minimum atomic E-state index is -0.492. The van der Waals surface area contributed by atoms with Crippen molar-refractivity contribution in [2.45, 2.75) is 6.42 Å². The van der Waals surface area contributed by atoms with Gasteiger partial charge in [0.15, 0.2) is 0 Å². The third-order valence-corrected chi connectivity index (χ3v) is 4.11. The Kier molecular flexibility index (Phi) is 5.73. The molecule has 0 aliphatic heterocycles. The van der Waals surface area contributed by atoms with Crippen LogP contribution >= 0.6 is 0 Å². The van der Waals surface area contributed by atoms with Gasteiger partial charge in [0.2, 0.25) is 0 Å². The molecule has 0 aliphatic carbocycles. The SMILES string of the molecule is COc1cc(F)ccc1C(=O)NCCc1nc(-c2ccncn2)cc(=O)n1C. The molecule has 2 heterocycles. The van der Waals surface area contributed by atoms with Gasteiger partial charge < -0.3 is 10.1 Å². The van der Waals surface area contributed by atoms with Crippen molar-refractivity contribution in [2.24, 2.45) is 7.05 Å². The zero-order chi connectivity index (χ0) is 20.1.